The average Bonchev–Trinajstić information content (AvgIpc) is 3.09. The van der Waals surface area contributed by atoms with Crippen LogP contribution in [0.4, 0.5) is 4.39 Å². The van der Waals surface area contributed by atoms with Gasteiger partial charge in [0.25, 0.3) is 5.56 Å². The Kier molecular flexibility index (Phi) is 5.55. The van der Waals surface area contributed by atoms with E-state index in [0.717, 1.165) is 16.9 Å². The third kappa shape index (κ3) is 3.87. The molecule has 3 aromatic rings. The second kappa shape index (κ2) is 8.46. The molecule has 3 N–H and O–H groups in total. The van der Waals surface area contributed by atoms with E-state index in [1.165, 1.54) is 31.2 Å². The van der Waals surface area contributed by atoms with Gasteiger partial charge in [-0.1, -0.05) is 30.3 Å². The summed E-state index contributed by atoms with van der Waals surface area (Å²) in [6, 6.07) is 12.7. The van der Waals surface area contributed by atoms with E-state index in [1.54, 1.807) is 6.07 Å². The molecule has 1 aliphatic heterocycles. The van der Waals surface area contributed by atoms with Gasteiger partial charge < -0.3 is 10.4 Å². The lowest BCUT2D eigenvalue weighted by atomic mass is 10.1. The highest BCUT2D eigenvalue weighted by Gasteiger charge is 2.19. The first kappa shape index (κ1) is 21.0. The van der Waals surface area contributed by atoms with Crippen molar-refractivity contribution in [1.82, 2.24) is 14.9 Å². The van der Waals surface area contributed by atoms with E-state index in [9.17, 15) is 23.9 Å². The Morgan fingerprint density at radius 2 is 1.91 bits per heavy atom. The zero-order valence-corrected chi connectivity index (χ0v) is 17.1. The standard InChI is InChI=1S/C23H19FN4O4/c1-13(29)25-11-10-15-14-6-2-4-8-18(14)26-19(15)12-16-21(30)27-23(32)28(22(16)31)20-9-5-3-7-17(20)24/h2-9,12,31H,10-11H2,1H3,(H,25,29)(H,27,30,32)/b19-12-. The Bertz CT molecular complexity index is 1500. The number of nitrogens with zero attached hydrogens (tertiary/aromatic N) is 2. The van der Waals surface area contributed by atoms with Crippen LogP contribution in [-0.2, 0) is 4.79 Å². The van der Waals surface area contributed by atoms with Crippen LogP contribution in [0.1, 0.15) is 18.9 Å². The first-order valence-corrected chi connectivity index (χ1v) is 9.83. The van der Waals surface area contributed by atoms with Crippen LogP contribution in [0.25, 0.3) is 17.3 Å². The molecular formula is C23H19FN4O4. The number of hydrogen-bond acceptors (Lipinski definition) is 5. The van der Waals surface area contributed by atoms with E-state index in [4.69, 9.17) is 0 Å². The van der Waals surface area contributed by atoms with Crippen molar-refractivity contribution in [3.05, 3.63) is 97.0 Å². The minimum Gasteiger partial charge on any atom is -0.494 e. The van der Waals surface area contributed by atoms with Crippen molar-refractivity contribution in [3.63, 3.8) is 0 Å². The summed E-state index contributed by atoms with van der Waals surface area (Å²) in [5, 5.41) is 15.0. The van der Waals surface area contributed by atoms with Crippen LogP contribution >= 0.6 is 0 Å². The third-order valence-electron chi connectivity index (χ3n) is 5.02. The van der Waals surface area contributed by atoms with Crippen molar-refractivity contribution in [2.75, 3.05) is 6.54 Å². The number of rotatable bonds is 5. The zero-order valence-electron chi connectivity index (χ0n) is 17.1. The van der Waals surface area contributed by atoms with Crippen LogP contribution in [0.2, 0.25) is 0 Å². The Morgan fingerprint density at radius 1 is 1.19 bits per heavy atom. The number of benzene rings is 2. The predicted molar refractivity (Wildman–Crippen MR) is 116 cm³/mol. The molecule has 1 aromatic heterocycles. The van der Waals surface area contributed by atoms with Crippen molar-refractivity contribution >= 4 is 17.6 Å². The number of para-hydroxylation sites is 2. The molecule has 9 heteroatoms. The quantitative estimate of drug-likeness (QED) is 0.549. The van der Waals surface area contributed by atoms with E-state index < -0.39 is 22.9 Å². The maximum atomic E-state index is 14.3. The topological polar surface area (TPSA) is 117 Å². The molecule has 1 aliphatic rings. The molecule has 0 fully saturated rings. The van der Waals surface area contributed by atoms with E-state index in [2.05, 4.69) is 15.3 Å². The molecule has 0 spiro atoms. The van der Waals surface area contributed by atoms with E-state index in [-0.39, 0.29) is 17.2 Å². The second-order valence-electron chi connectivity index (χ2n) is 7.15. The third-order valence-corrected chi connectivity index (χ3v) is 5.02. The Balaban J connectivity index is 1.88. The maximum Gasteiger partial charge on any atom is 0.335 e. The summed E-state index contributed by atoms with van der Waals surface area (Å²) >= 11 is 0. The number of fused-ring (bicyclic) bond motifs is 1. The summed E-state index contributed by atoms with van der Waals surface area (Å²) in [5.41, 5.74) is -1.09. The van der Waals surface area contributed by atoms with Gasteiger partial charge in [-0.3, -0.25) is 14.6 Å². The van der Waals surface area contributed by atoms with Crippen molar-refractivity contribution < 1.29 is 14.3 Å². The second-order valence-corrected chi connectivity index (χ2v) is 7.15. The van der Waals surface area contributed by atoms with E-state index in [0.29, 0.717) is 28.6 Å². The summed E-state index contributed by atoms with van der Waals surface area (Å²) in [6.07, 6.45) is 1.78. The number of halogens is 1. The fourth-order valence-electron chi connectivity index (χ4n) is 3.57. The Morgan fingerprint density at radius 3 is 2.66 bits per heavy atom. The largest absolute Gasteiger partial charge is 0.494 e. The normalized spacial score (nSPS) is 13.7. The van der Waals surface area contributed by atoms with Crippen LogP contribution in [-0.4, -0.2) is 27.1 Å². The number of aromatic nitrogens is 2. The number of carbonyl (C=O) groups excluding carboxylic acids is 1. The lowest BCUT2D eigenvalue weighted by Crippen LogP contribution is -2.31. The molecule has 4 rings (SSSR count). The summed E-state index contributed by atoms with van der Waals surface area (Å²) < 4.78 is 15.0. The Hall–Kier alpha value is -4.27. The highest BCUT2D eigenvalue weighted by atomic mass is 19.1. The van der Waals surface area contributed by atoms with Gasteiger partial charge in [0, 0.05) is 18.7 Å². The molecule has 0 atom stereocenters. The minimum atomic E-state index is -0.971. The monoisotopic (exact) mass is 434 g/mol. The smallest absolute Gasteiger partial charge is 0.335 e. The van der Waals surface area contributed by atoms with Crippen LogP contribution in [0.3, 0.4) is 0 Å². The number of nitrogens with one attached hydrogen (secondary N) is 2. The molecule has 162 valence electrons. The molecular weight excluding hydrogens is 415 g/mol. The summed E-state index contributed by atoms with van der Waals surface area (Å²) in [5.74, 6) is -1.62. The summed E-state index contributed by atoms with van der Waals surface area (Å²) in [7, 11) is 0. The molecule has 32 heavy (non-hydrogen) atoms. The molecule has 8 nitrogen and oxygen atoms in total. The highest BCUT2D eigenvalue weighted by Crippen LogP contribution is 2.24. The number of aromatic hydroxyl groups is 1. The summed E-state index contributed by atoms with van der Waals surface area (Å²) in [6.45, 7) is 1.76. The number of allylic oxidation sites excluding steroid dienone is 1. The number of amides is 1. The van der Waals surface area contributed by atoms with Gasteiger partial charge in [-0.05, 0) is 36.3 Å². The summed E-state index contributed by atoms with van der Waals surface area (Å²) in [4.78, 5) is 42.8. The SMILES string of the molecule is CC(=O)NCCC1=c2ccccc2=N/C1=C\c1c(O)n(-c2ccccc2F)c(=O)[nH]c1=O. The molecule has 0 bridgehead atoms. The minimum absolute atomic E-state index is 0.176. The number of H-pyrrole nitrogens is 1. The van der Waals surface area contributed by atoms with Gasteiger partial charge in [-0.25, -0.2) is 18.7 Å². The predicted octanol–water partition coefficient (Wildman–Crippen LogP) is 0.722. The molecule has 2 heterocycles. The van der Waals surface area contributed by atoms with Gasteiger partial charge in [0.1, 0.15) is 11.4 Å². The highest BCUT2D eigenvalue weighted by molar-refractivity contribution is 5.77. The van der Waals surface area contributed by atoms with Crippen molar-refractivity contribution in [3.8, 4) is 11.6 Å². The average molecular weight is 434 g/mol. The number of aromatic amines is 1. The molecule has 0 saturated carbocycles. The van der Waals surface area contributed by atoms with Gasteiger partial charge in [0.05, 0.1) is 16.7 Å². The van der Waals surface area contributed by atoms with Gasteiger partial charge in [0.15, 0.2) is 0 Å². The van der Waals surface area contributed by atoms with Crippen LogP contribution in [0.15, 0.2) is 68.8 Å². The zero-order chi connectivity index (χ0) is 22.8. The van der Waals surface area contributed by atoms with Crippen LogP contribution in [0.5, 0.6) is 5.88 Å². The van der Waals surface area contributed by atoms with Gasteiger partial charge in [-0.15, -0.1) is 0 Å². The van der Waals surface area contributed by atoms with Crippen molar-refractivity contribution in [1.29, 1.82) is 0 Å². The van der Waals surface area contributed by atoms with Gasteiger partial charge >= 0.3 is 5.69 Å². The van der Waals surface area contributed by atoms with Crippen LogP contribution in [0, 0.1) is 5.82 Å². The maximum absolute atomic E-state index is 14.3. The van der Waals surface area contributed by atoms with E-state index in [1.807, 2.05) is 18.2 Å². The van der Waals surface area contributed by atoms with Crippen molar-refractivity contribution in [2.24, 2.45) is 4.99 Å². The fourth-order valence-corrected chi connectivity index (χ4v) is 3.57. The molecule has 0 aliphatic carbocycles. The van der Waals surface area contributed by atoms with Crippen LogP contribution < -0.4 is 27.1 Å². The molecule has 2 aromatic carbocycles. The number of hydrogen-bond donors (Lipinski definition) is 3. The first-order chi connectivity index (χ1) is 15.4. The lowest BCUT2D eigenvalue weighted by Gasteiger charge is -2.11. The molecule has 1 amide bonds. The lowest BCUT2D eigenvalue weighted by molar-refractivity contribution is -0.118. The Labute approximate surface area is 180 Å². The molecule has 0 radical (unpaired) electrons. The van der Waals surface area contributed by atoms with E-state index >= 15 is 0 Å². The molecule has 0 saturated heterocycles. The number of carbonyl (C=O) groups is 1. The first-order valence-electron chi connectivity index (χ1n) is 9.83. The van der Waals surface area contributed by atoms with Gasteiger partial charge in [-0.2, -0.15) is 0 Å². The van der Waals surface area contributed by atoms with Crippen molar-refractivity contribution in [2.45, 2.75) is 13.3 Å². The fraction of sp³-hybridized carbons (Fsp3) is 0.130. The van der Waals surface area contributed by atoms with Gasteiger partial charge in [0.2, 0.25) is 11.8 Å². The molecule has 0 unspecified atom stereocenters.